The summed E-state index contributed by atoms with van der Waals surface area (Å²) >= 11 is 1.58. The zero-order valence-electron chi connectivity index (χ0n) is 13.8. The molecule has 0 atom stereocenters. The molecule has 4 aromatic rings. The van der Waals surface area contributed by atoms with Crippen LogP contribution in [0, 0.1) is 6.92 Å². The Balaban J connectivity index is 1.61. The first kappa shape index (κ1) is 15.6. The third kappa shape index (κ3) is 3.19. The first-order valence-corrected chi connectivity index (χ1v) is 8.94. The number of nitrogens with one attached hydrogen (secondary N) is 1. The zero-order chi connectivity index (χ0) is 17.2. The van der Waals surface area contributed by atoms with Crippen molar-refractivity contribution in [2.24, 2.45) is 0 Å². The second-order valence-electron chi connectivity index (χ2n) is 5.91. The van der Waals surface area contributed by atoms with Crippen LogP contribution in [0.2, 0.25) is 0 Å². The van der Waals surface area contributed by atoms with Crippen LogP contribution in [0.4, 0.5) is 5.82 Å². The highest BCUT2D eigenvalue weighted by Gasteiger charge is 2.15. The Morgan fingerprint density at radius 3 is 2.72 bits per heavy atom. The van der Waals surface area contributed by atoms with Gasteiger partial charge in [0.15, 0.2) is 0 Å². The first-order valence-electron chi connectivity index (χ1n) is 8.07. The highest BCUT2D eigenvalue weighted by atomic mass is 32.1. The molecule has 5 heteroatoms. The Bertz CT molecular complexity index is 1030. The molecule has 25 heavy (non-hydrogen) atoms. The van der Waals surface area contributed by atoms with Crippen molar-refractivity contribution in [3.8, 4) is 0 Å². The van der Waals surface area contributed by atoms with E-state index in [1.54, 1.807) is 11.3 Å². The maximum absolute atomic E-state index is 12.8. The Hall–Kier alpha value is -2.92. The molecule has 1 N–H and O–H groups in total. The van der Waals surface area contributed by atoms with Gasteiger partial charge in [-0.1, -0.05) is 48.5 Å². The minimum Gasteiger partial charge on any atom is -0.307 e. The fourth-order valence-corrected chi connectivity index (χ4v) is 3.80. The van der Waals surface area contributed by atoms with Crippen LogP contribution >= 0.6 is 11.3 Å². The number of hydrogen-bond donors (Lipinski definition) is 1. The smallest absolute Gasteiger partial charge is 0.258 e. The van der Waals surface area contributed by atoms with E-state index in [1.165, 1.54) is 0 Å². The van der Waals surface area contributed by atoms with Gasteiger partial charge in [-0.3, -0.25) is 4.79 Å². The van der Waals surface area contributed by atoms with Crippen molar-refractivity contribution >= 4 is 33.1 Å². The lowest BCUT2D eigenvalue weighted by atomic mass is 10.1. The number of amides is 1. The third-order valence-electron chi connectivity index (χ3n) is 4.04. The van der Waals surface area contributed by atoms with Crippen molar-refractivity contribution in [1.29, 1.82) is 0 Å². The van der Waals surface area contributed by atoms with Crippen LogP contribution in [0.25, 0.3) is 10.1 Å². The predicted octanol–water partition coefficient (Wildman–Crippen LogP) is 4.71. The van der Waals surface area contributed by atoms with Crippen LogP contribution < -0.4 is 5.32 Å². The van der Waals surface area contributed by atoms with Crippen molar-refractivity contribution < 1.29 is 4.79 Å². The van der Waals surface area contributed by atoms with Crippen molar-refractivity contribution in [2.45, 2.75) is 13.5 Å². The summed E-state index contributed by atoms with van der Waals surface area (Å²) in [5.41, 5.74) is 2.72. The van der Waals surface area contributed by atoms with Gasteiger partial charge in [-0.15, -0.1) is 11.3 Å². The highest BCUT2D eigenvalue weighted by molar-refractivity contribution is 7.17. The van der Waals surface area contributed by atoms with Crippen LogP contribution in [0.3, 0.4) is 0 Å². The number of benzene rings is 2. The van der Waals surface area contributed by atoms with Gasteiger partial charge >= 0.3 is 0 Å². The van der Waals surface area contributed by atoms with Gasteiger partial charge in [0, 0.05) is 21.5 Å². The summed E-state index contributed by atoms with van der Waals surface area (Å²) in [4.78, 5) is 12.8. The quantitative estimate of drug-likeness (QED) is 0.581. The SMILES string of the molecule is Cc1cc(NC(=O)c2csc3ccccc23)n(Cc2ccccc2)n1. The Kier molecular flexibility index (Phi) is 4.07. The van der Waals surface area contributed by atoms with Crippen LogP contribution in [-0.2, 0) is 6.54 Å². The molecule has 0 saturated heterocycles. The minimum atomic E-state index is -0.105. The summed E-state index contributed by atoms with van der Waals surface area (Å²) < 4.78 is 2.94. The molecule has 2 aromatic heterocycles. The number of hydrogen-bond acceptors (Lipinski definition) is 3. The fourth-order valence-electron chi connectivity index (χ4n) is 2.86. The Morgan fingerprint density at radius 1 is 1.12 bits per heavy atom. The van der Waals surface area contributed by atoms with Crippen molar-refractivity contribution in [3.63, 3.8) is 0 Å². The lowest BCUT2D eigenvalue weighted by Crippen LogP contribution is -2.15. The summed E-state index contributed by atoms with van der Waals surface area (Å²) in [7, 11) is 0. The van der Waals surface area contributed by atoms with E-state index in [0.717, 1.165) is 21.3 Å². The van der Waals surface area contributed by atoms with E-state index in [4.69, 9.17) is 0 Å². The van der Waals surface area contributed by atoms with Crippen LogP contribution in [-0.4, -0.2) is 15.7 Å². The van der Waals surface area contributed by atoms with E-state index in [2.05, 4.69) is 22.5 Å². The largest absolute Gasteiger partial charge is 0.307 e. The van der Waals surface area contributed by atoms with Crippen molar-refractivity contribution in [1.82, 2.24) is 9.78 Å². The summed E-state index contributed by atoms with van der Waals surface area (Å²) in [6.07, 6.45) is 0. The first-order chi connectivity index (χ1) is 12.2. The lowest BCUT2D eigenvalue weighted by Gasteiger charge is -2.09. The average molecular weight is 347 g/mol. The number of carbonyl (C=O) groups is 1. The molecule has 4 nitrogen and oxygen atoms in total. The minimum absolute atomic E-state index is 0.105. The normalized spacial score (nSPS) is 10.9. The molecule has 124 valence electrons. The molecule has 0 bridgehead atoms. The number of anilines is 1. The van der Waals surface area contributed by atoms with Crippen LogP contribution in [0.1, 0.15) is 21.6 Å². The zero-order valence-corrected chi connectivity index (χ0v) is 14.6. The monoisotopic (exact) mass is 347 g/mol. The van der Waals surface area contributed by atoms with Gasteiger partial charge in [0.25, 0.3) is 5.91 Å². The average Bonchev–Trinajstić information content (AvgIpc) is 3.19. The molecule has 0 aliphatic carbocycles. The number of rotatable bonds is 4. The molecule has 2 heterocycles. The molecule has 4 rings (SSSR count). The van der Waals surface area contributed by atoms with E-state index in [1.807, 2.05) is 65.5 Å². The molecule has 0 unspecified atom stereocenters. The van der Waals surface area contributed by atoms with E-state index >= 15 is 0 Å². The van der Waals surface area contributed by atoms with E-state index in [9.17, 15) is 4.79 Å². The molecule has 0 fully saturated rings. The van der Waals surface area contributed by atoms with Gasteiger partial charge in [0.05, 0.1) is 17.8 Å². The number of carbonyl (C=O) groups excluding carboxylic acids is 1. The molecular formula is C20H17N3OS. The maximum Gasteiger partial charge on any atom is 0.258 e. The van der Waals surface area contributed by atoms with E-state index in [0.29, 0.717) is 17.9 Å². The highest BCUT2D eigenvalue weighted by Crippen LogP contribution is 2.26. The number of aromatic nitrogens is 2. The molecule has 0 aliphatic heterocycles. The summed E-state index contributed by atoms with van der Waals surface area (Å²) in [6.45, 7) is 2.55. The van der Waals surface area contributed by atoms with Gasteiger partial charge in [-0.05, 0) is 18.6 Å². The standard InChI is InChI=1S/C20H17N3OS/c1-14-11-19(23(22-14)12-15-7-3-2-4-8-15)21-20(24)17-13-25-18-10-6-5-9-16(17)18/h2-11,13H,12H2,1H3,(H,21,24). The summed E-state index contributed by atoms with van der Waals surface area (Å²) in [5.74, 6) is 0.605. The molecule has 0 radical (unpaired) electrons. The predicted molar refractivity (Wildman–Crippen MR) is 102 cm³/mol. The maximum atomic E-state index is 12.8. The van der Waals surface area contributed by atoms with Gasteiger partial charge in [0.1, 0.15) is 5.82 Å². The molecule has 1 amide bonds. The number of fused-ring (bicyclic) bond motifs is 1. The topological polar surface area (TPSA) is 46.9 Å². The second-order valence-corrected chi connectivity index (χ2v) is 6.83. The summed E-state index contributed by atoms with van der Waals surface area (Å²) in [5, 5.41) is 10.4. The number of nitrogens with zero attached hydrogens (tertiary/aromatic N) is 2. The van der Waals surface area contributed by atoms with Crippen molar-refractivity contribution in [3.05, 3.63) is 82.9 Å². The fraction of sp³-hybridized carbons (Fsp3) is 0.100. The Morgan fingerprint density at radius 2 is 1.88 bits per heavy atom. The van der Waals surface area contributed by atoms with Crippen LogP contribution in [0.5, 0.6) is 0 Å². The van der Waals surface area contributed by atoms with Crippen molar-refractivity contribution in [2.75, 3.05) is 5.32 Å². The molecule has 0 spiro atoms. The second kappa shape index (κ2) is 6.53. The van der Waals surface area contributed by atoms with Gasteiger partial charge in [-0.2, -0.15) is 5.10 Å². The molecule has 0 aliphatic rings. The Labute approximate surface area is 149 Å². The number of thiophene rings is 1. The summed E-state index contributed by atoms with van der Waals surface area (Å²) in [6, 6.07) is 19.9. The molecule has 0 saturated carbocycles. The lowest BCUT2D eigenvalue weighted by molar-refractivity contribution is 0.102. The van der Waals surface area contributed by atoms with E-state index in [-0.39, 0.29) is 5.91 Å². The van der Waals surface area contributed by atoms with Gasteiger partial charge in [-0.25, -0.2) is 4.68 Å². The van der Waals surface area contributed by atoms with Crippen LogP contribution in [0.15, 0.2) is 66.0 Å². The van der Waals surface area contributed by atoms with Gasteiger partial charge < -0.3 is 5.32 Å². The van der Waals surface area contributed by atoms with E-state index < -0.39 is 0 Å². The van der Waals surface area contributed by atoms with Gasteiger partial charge in [0.2, 0.25) is 0 Å². The third-order valence-corrected chi connectivity index (χ3v) is 5.01. The number of aryl methyl sites for hydroxylation is 1. The molecular weight excluding hydrogens is 330 g/mol. The molecule has 2 aromatic carbocycles.